The Morgan fingerprint density at radius 2 is 0.950 bits per heavy atom. The first-order chi connectivity index (χ1) is 8.07. The van der Waals surface area contributed by atoms with Gasteiger partial charge >= 0.3 is 17.1 Å². The van der Waals surface area contributed by atoms with E-state index in [-0.39, 0.29) is 23.2 Å². The fourth-order valence-electron chi connectivity index (χ4n) is 0.482. The molecular formula is C8H12FeNO10. The van der Waals surface area contributed by atoms with Crippen molar-refractivity contribution in [2.24, 2.45) is 0 Å². The SMILES string of the molecule is O=C([O-])CC(O)C(=O)[O-].O=C([O-])CC(O)C(=O)[O-].[Fe+3].[NH4+]. The Hall–Kier alpha value is -1.72. The van der Waals surface area contributed by atoms with Crippen LogP contribution < -0.4 is 26.6 Å². The van der Waals surface area contributed by atoms with Gasteiger partial charge in [0.15, 0.2) is 0 Å². The van der Waals surface area contributed by atoms with E-state index in [9.17, 15) is 39.6 Å². The minimum Gasteiger partial charge on any atom is -0.550 e. The van der Waals surface area contributed by atoms with Crippen molar-refractivity contribution in [3.8, 4) is 0 Å². The first kappa shape index (κ1) is 26.8. The van der Waals surface area contributed by atoms with Crippen LogP contribution in [0.4, 0.5) is 0 Å². The normalized spacial score (nSPS) is 11.3. The van der Waals surface area contributed by atoms with Crippen LogP contribution in [-0.4, -0.2) is 46.3 Å². The van der Waals surface area contributed by atoms with Crippen LogP contribution in [0.1, 0.15) is 12.8 Å². The van der Waals surface area contributed by atoms with Crippen LogP contribution in [0, 0.1) is 0 Å². The summed E-state index contributed by atoms with van der Waals surface area (Å²) >= 11 is 0. The van der Waals surface area contributed by atoms with Gasteiger partial charge in [-0.1, -0.05) is 0 Å². The first-order valence-electron chi connectivity index (χ1n) is 4.25. The molecule has 0 aliphatic rings. The van der Waals surface area contributed by atoms with Crippen molar-refractivity contribution in [1.29, 1.82) is 0 Å². The zero-order valence-electron chi connectivity index (χ0n) is 10.1. The number of aliphatic carboxylic acids is 4. The van der Waals surface area contributed by atoms with Gasteiger partial charge in [0.05, 0.1) is 24.1 Å². The number of carbonyl (C=O) groups excluding carboxylic acids is 4. The Balaban J connectivity index is -0.000000116. The third-order valence-corrected chi connectivity index (χ3v) is 1.26. The van der Waals surface area contributed by atoms with Gasteiger partial charge in [-0.2, -0.15) is 0 Å². The minimum absolute atomic E-state index is 0. The van der Waals surface area contributed by atoms with E-state index in [4.69, 9.17) is 10.2 Å². The van der Waals surface area contributed by atoms with E-state index >= 15 is 0 Å². The Labute approximate surface area is 122 Å². The van der Waals surface area contributed by atoms with Crippen LogP contribution in [0.2, 0.25) is 0 Å². The maximum absolute atomic E-state index is 9.58. The second kappa shape index (κ2) is 13.7. The summed E-state index contributed by atoms with van der Waals surface area (Å²) in [7, 11) is 0. The summed E-state index contributed by atoms with van der Waals surface area (Å²) in [6.45, 7) is 0. The summed E-state index contributed by atoms with van der Waals surface area (Å²) in [5, 5.41) is 54.7. The molecule has 0 saturated heterocycles. The molecule has 0 aromatic carbocycles. The van der Waals surface area contributed by atoms with Crippen LogP contribution in [0.15, 0.2) is 0 Å². The Kier molecular flexibility index (Phi) is 18.3. The molecule has 2 unspecified atom stereocenters. The Morgan fingerprint density at radius 3 is 1.00 bits per heavy atom. The predicted molar refractivity (Wildman–Crippen MR) is 47.3 cm³/mol. The van der Waals surface area contributed by atoms with Gasteiger partial charge in [0.2, 0.25) is 0 Å². The van der Waals surface area contributed by atoms with E-state index in [0.717, 1.165) is 0 Å². The molecule has 117 valence electrons. The summed E-state index contributed by atoms with van der Waals surface area (Å²) in [5.74, 6) is -6.85. The number of rotatable bonds is 6. The molecule has 0 aliphatic carbocycles. The molecule has 2 atom stereocenters. The summed E-state index contributed by atoms with van der Waals surface area (Å²) in [6, 6.07) is 0. The number of carboxylic acid groups (broad SMARTS) is 4. The zero-order chi connectivity index (χ0) is 14.9. The average Bonchev–Trinajstić information content (AvgIpc) is 2.16. The summed E-state index contributed by atoms with van der Waals surface area (Å²) in [5.41, 5.74) is 0. The van der Waals surface area contributed by atoms with E-state index in [1.165, 1.54) is 0 Å². The molecule has 0 heterocycles. The second-order valence-corrected chi connectivity index (χ2v) is 2.82. The van der Waals surface area contributed by atoms with Crippen molar-refractivity contribution in [3.63, 3.8) is 0 Å². The number of hydrogen-bond donors (Lipinski definition) is 3. The molecule has 0 aliphatic heterocycles. The van der Waals surface area contributed by atoms with Crippen molar-refractivity contribution in [2.45, 2.75) is 25.0 Å². The van der Waals surface area contributed by atoms with E-state index in [0.29, 0.717) is 0 Å². The molecule has 0 amide bonds. The third-order valence-electron chi connectivity index (χ3n) is 1.26. The number of carbonyl (C=O) groups is 4. The number of aliphatic hydroxyl groups is 2. The molecule has 0 fully saturated rings. The van der Waals surface area contributed by atoms with Crippen molar-refractivity contribution in [2.75, 3.05) is 0 Å². The van der Waals surface area contributed by atoms with Crippen molar-refractivity contribution in [3.05, 3.63) is 0 Å². The number of hydrogen-bond acceptors (Lipinski definition) is 10. The van der Waals surface area contributed by atoms with Gasteiger partial charge in [0.1, 0.15) is 0 Å². The van der Waals surface area contributed by atoms with Gasteiger partial charge in [0, 0.05) is 24.8 Å². The smallest absolute Gasteiger partial charge is 0.550 e. The Bertz CT molecular complexity index is 301. The predicted octanol–water partition coefficient (Wildman–Crippen LogP) is -7.15. The van der Waals surface area contributed by atoms with E-state index in [1.54, 1.807) is 0 Å². The van der Waals surface area contributed by atoms with Crippen LogP contribution in [0.5, 0.6) is 0 Å². The van der Waals surface area contributed by atoms with Crippen molar-refractivity contribution >= 4 is 23.9 Å². The molecule has 0 saturated carbocycles. The van der Waals surface area contributed by atoms with Gasteiger partial charge in [-0.3, -0.25) is 0 Å². The summed E-state index contributed by atoms with van der Waals surface area (Å²) in [4.78, 5) is 38.3. The van der Waals surface area contributed by atoms with E-state index < -0.39 is 48.9 Å². The molecule has 0 spiro atoms. The van der Waals surface area contributed by atoms with E-state index in [2.05, 4.69) is 0 Å². The second-order valence-electron chi connectivity index (χ2n) is 2.82. The molecule has 12 heteroatoms. The van der Waals surface area contributed by atoms with Crippen LogP contribution in [-0.2, 0) is 36.2 Å². The maximum Gasteiger partial charge on any atom is 3.00 e. The van der Waals surface area contributed by atoms with Crippen LogP contribution in [0.3, 0.4) is 0 Å². The van der Waals surface area contributed by atoms with Crippen molar-refractivity contribution in [1.82, 2.24) is 6.15 Å². The van der Waals surface area contributed by atoms with Crippen LogP contribution in [0.25, 0.3) is 0 Å². The van der Waals surface area contributed by atoms with Gasteiger partial charge in [-0.25, -0.2) is 0 Å². The average molecular weight is 338 g/mol. The van der Waals surface area contributed by atoms with Gasteiger partial charge in [-0.05, 0) is 0 Å². The molecule has 6 N–H and O–H groups in total. The fraction of sp³-hybridized carbons (Fsp3) is 0.500. The van der Waals surface area contributed by atoms with Crippen LogP contribution >= 0.6 is 0 Å². The number of carboxylic acids is 4. The molecule has 0 aromatic heterocycles. The largest absolute Gasteiger partial charge is 3.00 e. The maximum atomic E-state index is 9.58. The molecule has 1 radical (unpaired) electrons. The molecule has 11 nitrogen and oxygen atoms in total. The third kappa shape index (κ3) is 18.6. The fourth-order valence-corrected chi connectivity index (χ4v) is 0.482. The zero-order valence-corrected chi connectivity index (χ0v) is 11.2. The molecule has 0 rings (SSSR count). The monoisotopic (exact) mass is 338 g/mol. The standard InChI is InChI=1S/2C4H6O5.Fe.H3N/c2*5-2(4(8)9)1-3(6)7;;/h2*2,5H,1H2,(H,6,7)(H,8,9);;1H3/q;;+3;/p-3. The van der Waals surface area contributed by atoms with Gasteiger partial charge in [0.25, 0.3) is 0 Å². The number of aliphatic hydroxyl groups excluding tert-OH is 2. The summed E-state index contributed by atoms with van der Waals surface area (Å²) < 4.78 is 0. The molecule has 0 aromatic rings. The quantitative estimate of drug-likeness (QED) is 0.386. The van der Waals surface area contributed by atoms with Gasteiger partial charge < -0.3 is 56.0 Å². The molecule has 20 heavy (non-hydrogen) atoms. The van der Waals surface area contributed by atoms with E-state index in [1.807, 2.05) is 0 Å². The number of quaternary nitrogens is 1. The molecule has 0 bridgehead atoms. The Morgan fingerprint density at radius 1 is 0.750 bits per heavy atom. The van der Waals surface area contributed by atoms with Crippen molar-refractivity contribution < 1.29 is 66.9 Å². The van der Waals surface area contributed by atoms with Gasteiger partial charge in [-0.15, -0.1) is 0 Å². The minimum atomic E-state index is -1.96. The topological polar surface area (TPSA) is 237 Å². The molecular weight excluding hydrogens is 326 g/mol. The summed E-state index contributed by atoms with van der Waals surface area (Å²) in [6.07, 6.45) is -5.78. The first-order valence-corrected chi connectivity index (χ1v) is 4.25.